The van der Waals surface area contributed by atoms with Crippen molar-refractivity contribution >= 4 is 23.7 Å². The maximum absolute atomic E-state index is 13.1. The third kappa shape index (κ3) is 6.23. The van der Waals surface area contributed by atoms with Crippen LogP contribution in [0.25, 0.3) is 0 Å². The van der Waals surface area contributed by atoms with Gasteiger partial charge in [-0.1, -0.05) is 48.0 Å². The Morgan fingerprint density at radius 3 is 2.27 bits per heavy atom. The van der Waals surface area contributed by atoms with Crippen molar-refractivity contribution in [2.24, 2.45) is 0 Å². The average molecular weight is 402 g/mol. The second kappa shape index (κ2) is 8.69. The number of hydrogen-bond acceptors (Lipinski definition) is 4. The molecule has 2 N–H and O–H groups in total. The number of alkyl halides is 3. The van der Waals surface area contributed by atoms with Crippen LogP contribution in [0.15, 0.2) is 52.3 Å². The summed E-state index contributed by atoms with van der Waals surface area (Å²) < 4.78 is 42.6. The van der Waals surface area contributed by atoms with E-state index in [2.05, 4.69) is 25.5 Å². The molecule has 142 valence electrons. The molecule has 0 radical (unpaired) electrons. The minimum absolute atomic E-state index is 0.00268. The lowest BCUT2D eigenvalue weighted by Crippen LogP contribution is -2.17. The van der Waals surface area contributed by atoms with E-state index in [4.69, 9.17) is 0 Å². The van der Waals surface area contributed by atoms with E-state index in [-0.39, 0.29) is 11.4 Å². The molecule has 0 fully saturated rings. The lowest BCUT2D eigenvalue weighted by molar-refractivity contribution is -0.137. The van der Waals surface area contributed by atoms with Crippen LogP contribution in [-0.2, 0) is 19.3 Å². The molecule has 0 saturated heterocycles. The van der Waals surface area contributed by atoms with Crippen molar-refractivity contribution in [3.05, 3.63) is 59.2 Å². The van der Waals surface area contributed by atoms with Gasteiger partial charge in [0.05, 0.1) is 12.2 Å². The van der Waals surface area contributed by atoms with E-state index in [1.54, 1.807) is 18.2 Å². The summed E-state index contributed by atoms with van der Waals surface area (Å²) in [6, 6.07) is 11.0. The number of aliphatic hydroxyl groups excluding tert-OH is 1. The van der Waals surface area contributed by atoms with E-state index >= 15 is 0 Å². The Labute approximate surface area is 160 Å². The Bertz CT molecular complexity index is 742. The van der Waals surface area contributed by atoms with Crippen LogP contribution in [0.5, 0.6) is 0 Å². The van der Waals surface area contributed by atoms with Crippen molar-refractivity contribution in [1.29, 1.82) is 0 Å². The first kappa shape index (κ1) is 21.2. The largest absolute Gasteiger partial charge is 0.416 e. The molecule has 0 aliphatic heterocycles. The topological polar surface area (TPSA) is 32.3 Å². The number of hydrogen-bond donors (Lipinski definition) is 2. The van der Waals surface area contributed by atoms with Crippen LogP contribution in [0.4, 0.5) is 13.2 Å². The van der Waals surface area contributed by atoms with E-state index < -0.39 is 11.7 Å². The van der Waals surface area contributed by atoms with Crippen molar-refractivity contribution < 1.29 is 18.3 Å². The molecule has 26 heavy (non-hydrogen) atoms. The number of benzene rings is 2. The van der Waals surface area contributed by atoms with Gasteiger partial charge >= 0.3 is 6.18 Å². The van der Waals surface area contributed by atoms with E-state index in [9.17, 15) is 18.3 Å². The Morgan fingerprint density at radius 2 is 1.65 bits per heavy atom. The molecule has 0 atom stereocenters. The zero-order valence-corrected chi connectivity index (χ0v) is 16.5. The van der Waals surface area contributed by atoms with Gasteiger partial charge in [-0.15, -0.1) is 0 Å². The predicted octanol–water partition coefficient (Wildman–Crippen LogP) is 5.89. The summed E-state index contributed by atoms with van der Waals surface area (Å²) >= 11 is 2.78. The number of rotatable bonds is 6. The molecule has 0 amide bonds. The molecule has 2 aromatic carbocycles. The quantitative estimate of drug-likeness (QED) is 0.592. The fraction of sp³-hybridized carbons (Fsp3) is 0.368. The Kier molecular flexibility index (Phi) is 7.07. The number of nitrogens with one attached hydrogen (secondary N) is 1. The van der Waals surface area contributed by atoms with Crippen LogP contribution in [0, 0.1) is 0 Å². The lowest BCUT2D eigenvalue weighted by atomic mass is 10.1. The monoisotopic (exact) mass is 401 g/mol. The standard InChI is InChI=1S/C19H22F3NOS2/c1-18(2,3)26-23-11-13-8-9-15(19(20,21)22)10-17(13)25-16-7-5-4-6-14(16)12-24/h4-10,23-24H,11-12H2,1-3H3. The second-order valence-corrected chi connectivity index (χ2v) is 9.53. The molecule has 0 unspecified atom stereocenters. The van der Waals surface area contributed by atoms with Gasteiger partial charge < -0.3 is 5.11 Å². The fourth-order valence-electron chi connectivity index (χ4n) is 2.15. The van der Waals surface area contributed by atoms with Gasteiger partial charge in [0.25, 0.3) is 0 Å². The minimum Gasteiger partial charge on any atom is -0.392 e. The first-order chi connectivity index (χ1) is 12.1. The van der Waals surface area contributed by atoms with Crippen molar-refractivity contribution in [3.8, 4) is 0 Å². The van der Waals surface area contributed by atoms with Crippen molar-refractivity contribution in [2.45, 2.75) is 54.6 Å². The highest BCUT2D eigenvalue weighted by atomic mass is 32.2. The minimum atomic E-state index is -4.39. The zero-order valence-electron chi connectivity index (χ0n) is 14.9. The summed E-state index contributed by atoms with van der Waals surface area (Å²) in [7, 11) is 0. The molecular formula is C19H22F3NOS2. The van der Waals surface area contributed by atoms with E-state index in [0.29, 0.717) is 17.0 Å². The van der Waals surface area contributed by atoms with Crippen molar-refractivity contribution in [1.82, 2.24) is 4.72 Å². The molecule has 0 heterocycles. The van der Waals surface area contributed by atoms with E-state index in [0.717, 1.165) is 16.5 Å². The van der Waals surface area contributed by atoms with Gasteiger partial charge in [-0.3, -0.25) is 4.72 Å². The SMILES string of the molecule is CC(C)(C)SNCc1ccc(C(F)(F)F)cc1Sc1ccccc1CO. The highest BCUT2D eigenvalue weighted by molar-refractivity contribution is 7.99. The zero-order chi connectivity index (χ0) is 19.4. The maximum atomic E-state index is 13.1. The molecule has 0 saturated carbocycles. The van der Waals surface area contributed by atoms with Crippen LogP contribution >= 0.6 is 23.7 Å². The summed E-state index contributed by atoms with van der Waals surface area (Å²) in [4.78, 5) is 1.28. The van der Waals surface area contributed by atoms with Crippen LogP contribution in [-0.4, -0.2) is 9.85 Å². The Hall–Kier alpha value is -1.15. The highest BCUT2D eigenvalue weighted by Crippen LogP contribution is 2.38. The van der Waals surface area contributed by atoms with Crippen LogP contribution < -0.4 is 4.72 Å². The molecule has 2 nitrogen and oxygen atoms in total. The van der Waals surface area contributed by atoms with Crippen molar-refractivity contribution in [3.63, 3.8) is 0 Å². The lowest BCUT2D eigenvalue weighted by Gasteiger charge is -2.19. The summed E-state index contributed by atoms with van der Waals surface area (Å²) in [5, 5.41) is 9.47. The maximum Gasteiger partial charge on any atom is 0.416 e. The molecule has 7 heteroatoms. The second-order valence-electron chi connectivity index (χ2n) is 6.72. The van der Waals surface area contributed by atoms with Gasteiger partial charge in [0, 0.05) is 21.1 Å². The molecule has 0 spiro atoms. The molecule has 0 bridgehead atoms. The predicted molar refractivity (Wildman–Crippen MR) is 102 cm³/mol. The van der Waals surface area contributed by atoms with Gasteiger partial charge in [-0.05, 0) is 50.1 Å². The smallest absolute Gasteiger partial charge is 0.392 e. The van der Waals surface area contributed by atoms with Gasteiger partial charge in [0.2, 0.25) is 0 Å². The average Bonchev–Trinajstić information content (AvgIpc) is 2.54. The number of aliphatic hydroxyl groups is 1. The molecule has 0 aliphatic carbocycles. The van der Waals surface area contributed by atoms with E-state index in [1.165, 1.54) is 35.8 Å². The van der Waals surface area contributed by atoms with Gasteiger partial charge in [0.15, 0.2) is 0 Å². The first-order valence-corrected chi connectivity index (χ1v) is 9.71. The van der Waals surface area contributed by atoms with Crippen LogP contribution in [0.2, 0.25) is 0 Å². The van der Waals surface area contributed by atoms with Crippen LogP contribution in [0.1, 0.15) is 37.5 Å². The van der Waals surface area contributed by atoms with Crippen LogP contribution in [0.3, 0.4) is 0 Å². The van der Waals surface area contributed by atoms with Gasteiger partial charge in [-0.25, -0.2) is 0 Å². The van der Waals surface area contributed by atoms with Gasteiger partial charge in [0.1, 0.15) is 0 Å². The fourth-order valence-corrected chi connectivity index (χ4v) is 3.92. The number of halogens is 3. The molecule has 2 aromatic rings. The first-order valence-electron chi connectivity index (χ1n) is 8.08. The molecule has 0 aliphatic rings. The normalized spacial score (nSPS) is 12.4. The molecular weight excluding hydrogens is 379 g/mol. The van der Waals surface area contributed by atoms with E-state index in [1.807, 2.05) is 6.07 Å². The third-order valence-corrected chi connectivity index (χ3v) is 5.52. The Balaban J connectivity index is 2.32. The molecule has 0 aromatic heterocycles. The summed E-state index contributed by atoms with van der Waals surface area (Å²) in [6.07, 6.45) is -4.39. The highest BCUT2D eigenvalue weighted by Gasteiger charge is 2.31. The molecule has 2 rings (SSSR count). The third-order valence-electron chi connectivity index (χ3n) is 3.40. The summed E-state index contributed by atoms with van der Waals surface area (Å²) in [5.74, 6) is 0. The summed E-state index contributed by atoms with van der Waals surface area (Å²) in [6.45, 7) is 6.47. The summed E-state index contributed by atoms with van der Waals surface area (Å²) in [5.41, 5.74) is 0.805. The Morgan fingerprint density at radius 1 is 0.962 bits per heavy atom. The van der Waals surface area contributed by atoms with Crippen molar-refractivity contribution in [2.75, 3.05) is 0 Å². The van der Waals surface area contributed by atoms with Gasteiger partial charge in [-0.2, -0.15) is 13.2 Å².